The summed E-state index contributed by atoms with van der Waals surface area (Å²) in [6.07, 6.45) is 1.98. The van der Waals surface area contributed by atoms with Crippen LogP contribution in [-0.4, -0.2) is 46.3 Å². The van der Waals surface area contributed by atoms with Crippen molar-refractivity contribution in [1.82, 2.24) is 10.6 Å². The van der Waals surface area contributed by atoms with Gasteiger partial charge in [-0.05, 0) is 48.6 Å². The first-order chi connectivity index (χ1) is 13.7. The van der Waals surface area contributed by atoms with Gasteiger partial charge < -0.3 is 20.3 Å². The summed E-state index contributed by atoms with van der Waals surface area (Å²) < 4.78 is 18.3. The number of benzene rings is 2. The summed E-state index contributed by atoms with van der Waals surface area (Å²) in [7, 11) is 3.48. The fourth-order valence-corrected chi connectivity index (χ4v) is 3.48. The van der Waals surface area contributed by atoms with E-state index in [1.807, 2.05) is 24.3 Å². The van der Waals surface area contributed by atoms with Crippen molar-refractivity contribution < 1.29 is 9.13 Å². The molecule has 2 N–H and O–H groups in total. The lowest BCUT2D eigenvalue weighted by Gasteiger charge is -2.20. The maximum Gasteiger partial charge on any atom is 0.190 e. The molecule has 2 aromatic carbocycles. The highest BCUT2D eigenvalue weighted by Crippen LogP contribution is 2.26. The Balaban J connectivity index is 1.41. The molecule has 0 aromatic heterocycles. The summed E-state index contributed by atoms with van der Waals surface area (Å²) in [6, 6.07) is 14.9. The van der Waals surface area contributed by atoms with E-state index in [1.54, 1.807) is 14.2 Å². The second kappa shape index (κ2) is 9.97. The lowest BCUT2D eigenvalue weighted by molar-refractivity contribution is 0.415. The van der Waals surface area contributed by atoms with Gasteiger partial charge in [-0.3, -0.25) is 4.99 Å². The first-order valence-electron chi connectivity index (χ1n) is 9.76. The molecule has 150 valence electrons. The summed E-state index contributed by atoms with van der Waals surface area (Å²) in [5.74, 6) is 2.07. The molecule has 1 aliphatic rings. The largest absolute Gasteiger partial charge is 0.497 e. The van der Waals surface area contributed by atoms with Gasteiger partial charge >= 0.3 is 0 Å². The Morgan fingerprint density at radius 2 is 2.04 bits per heavy atom. The second-order valence-corrected chi connectivity index (χ2v) is 7.06. The number of halogens is 1. The zero-order valence-corrected chi connectivity index (χ0v) is 16.6. The van der Waals surface area contributed by atoms with Crippen LogP contribution < -0.4 is 20.3 Å². The molecule has 0 bridgehead atoms. The number of hydrogen-bond acceptors (Lipinski definition) is 3. The molecule has 6 heteroatoms. The van der Waals surface area contributed by atoms with Crippen LogP contribution in [0.15, 0.2) is 53.5 Å². The molecule has 1 fully saturated rings. The third kappa shape index (κ3) is 5.62. The summed E-state index contributed by atoms with van der Waals surface area (Å²) in [5.41, 5.74) is 2.32. The number of nitrogens with one attached hydrogen (secondary N) is 2. The van der Waals surface area contributed by atoms with Crippen molar-refractivity contribution in [1.29, 1.82) is 0 Å². The Labute approximate surface area is 166 Å². The number of ether oxygens (including phenoxy) is 1. The molecule has 1 heterocycles. The normalized spacial score (nSPS) is 16.9. The SMILES string of the molecule is CN=C(NCCc1ccc(F)cc1)NCC1CCN(c2cccc(OC)c2)C1. The monoisotopic (exact) mass is 384 g/mol. The molecule has 28 heavy (non-hydrogen) atoms. The third-order valence-electron chi connectivity index (χ3n) is 5.11. The van der Waals surface area contributed by atoms with Gasteiger partial charge in [-0.1, -0.05) is 18.2 Å². The number of guanidine groups is 1. The molecule has 1 atom stereocenters. The van der Waals surface area contributed by atoms with Crippen molar-refractivity contribution in [2.45, 2.75) is 12.8 Å². The predicted octanol–water partition coefficient (Wildman–Crippen LogP) is 3.07. The molecule has 2 aromatic rings. The highest BCUT2D eigenvalue weighted by atomic mass is 19.1. The van der Waals surface area contributed by atoms with Crippen molar-refractivity contribution >= 4 is 11.6 Å². The summed E-state index contributed by atoms with van der Waals surface area (Å²) in [5, 5.41) is 6.76. The van der Waals surface area contributed by atoms with Gasteiger partial charge in [0.15, 0.2) is 5.96 Å². The van der Waals surface area contributed by atoms with Crippen molar-refractivity contribution in [3.63, 3.8) is 0 Å². The van der Waals surface area contributed by atoms with Gasteiger partial charge in [-0.2, -0.15) is 0 Å². The lowest BCUT2D eigenvalue weighted by Crippen LogP contribution is -2.41. The molecular formula is C22H29FN4O. The average molecular weight is 384 g/mol. The fourth-order valence-electron chi connectivity index (χ4n) is 3.48. The molecule has 0 amide bonds. The topological polar surface area (TPSA) is 48.9 Å². The summed E-state index contributed by atoms with van der Waals surface area (Å²) >= 11 is 0. The van der Waals surface area contributed by atoms with E-state index in [4.69, 9.17) is 4.74 Å². The molecule has 1 saturated heterocycles. The maximum atomic E-state index is 13.0. The van der Waals surface area contributed by atoms with Crippen LogP contribution in [0.2, 0.25) is 0 Å². The molecule has 0 radical (unpaired) electrons. The fraction of sp³-hybridized carbons (Fsp3) is 0.409. The maximum absolute atomic E-state index is 13.0. The van der Waals surface area contributed by atoms with E-state index in [9.17, 15) is 4.39 Å². The number of rotatable bonds is 7. The molecule has 5 nitrogen and oxygen atoms in total. The Morgan fingerprint density at radius 1 is 1.21 bits per heavy atom. The average Bonchev–Trinajstić information content (AvgIpc) is 3.21. The Bertz CT molecular complexity index is 778. The predicted molar refractivity (Wildman–Crippen MR) is 113 cm³/mol. The highest BCUT2D eigenvalue weighted by molar-refractivity contribution is 5.79. The molecule has 1 aliphatic heterocycles. The number of hydrogen-bond donors (Lipinski definition) is 2. The van der Waals surface area contributed by atoms with Crippen LogP contribution in [0.25, 0.3) is 0 Å². The highest BCUT2D eigenvalue weighted by Gasteiger charge is 2.23. The number of anilines is 1. The molecular weight excluding hydrogens is 355 g/mol. The smallest absolute Gasteiger partial charge is 0.190 e. The van der Waals surface area contributed by atoms with Crippen LogP contribution in [0.1, 0.15) is 12.0 Å². The summed E-state index contributed by atoms with van der Waals surface area (Å²) in [6.45, 7) is 3.71. The Kier molecular flexibility index (Phi) is 7.12. The molecule has 0 aliphatic carbocycles. The van der Waals surface area contributed by atoms with Crippen molar-refractivity contribution in [3.8, 4) is 5.75 Å². The van der Waals surface area contributed by atoms with E-state index in [1.165, 1.54) is 17.8 Å². The zero-order valence-electron chi connectivity index (χ0n) is 16.6. The standard InChI is InChI=1S/C22H29FN4O/c1-24-22(25-12-10-17-6-8-19(23)9-7-17)26-15-18-11-13-27(16-18)20-4-3-5-21(14-20)28-2/h3-9,14,18H,10-13,15-16H2,1-2H3,(H2,24,25,26). The zero-order chi connectivity index (χ0) is 19.8. The molecule has 0 saturated carbocycles. The summed E-state index contributed by atoms with van der Waals surface area (Å²) in [4.78, 5) is 6.70. The van der Waals surface area contributed by atoms with Crippen LogP contribution >= 0.6 is 0 Å². The van der Waals surface area contributed by atoms with Crippen LogP contribution in [0.4, 0.5) is 10.1 Å². The van der Waals surface area contributed by atoms with Crippen molar-refractivity contribution in [2.75, 3.05) is 45.2 Å². The van der Waals surface area contributed by atoms with E-state index >= 15 is 0 Å². The first-order valence-corrected chi connectivity index (χ1v) is 9.76. The van der Waals surface area contributed by atoms with Crippen LogP contribution in [-0.2, 0) is 6.42 Å². The minimum absolute atomic E-state index is 0.200. The number of methoxy groups -OCH3 is 1. The van der Waals surface area contributed by atoms with Gasteiger partial charge in [0.05, 0.1) is 7.11 Å². The minimum atomic E-state index is -0.200. The molecule has 0 spiro atoms. The Hall–Kier alpha value is -2.76. The number of aliphatic imine (C=N–C) groups is 1. The first kappa shape index (κ1) is 20.0. The van der Waals surface area contributed by atoms with Gasteiger partial charge in [0.2, 0.25) is 0 Å². The van der Waals surface area contributed by atoms with Gasteiger partial charge in [0.1, 0.15) is 11.6 Å². The third-order valence-corrected chi connectivity index (χ3v) is 5.11. The van der Waals surface area contributed by atoms with E-state index < -0.39 is 0 Å². The van der Waals surface area contributed by atoms with E-state index in [0.717, 1.165) is 56.3 Å². The van der Waals surface area contributed by atoms with Gasteiger partial charge in [0.25, 0.3) is 0 Å². The van der Waals surface area contributed by atoms with Gasteiger partial charge in [-0.15, -0.1) is 0 Å². The van der Waals surface area contributed by atoms with Crippen LogP contribution in [0.5, 0.6) is 5.75 Å². The van der Waals surface area contributed by atoms with Crippen LogP contribution in [0.3, 0.4) is 0 Å². The van der Waals surface area contributed by atoms with Crippen LogP contribution in [0, 0.1) is 11.7 Å². The van der Waals surface area contributed by atoms with E-state index in [2.05, 4.69) is 32.7 Å². The quantitative estimate of drug-likeness (QED) is 0.569. The minimum Gasteiger partial charge on any atom is -0.497 e. The Morgan fingerprint density at radius 3 is 2.79 bits per heavy atom. The molecule has 1 unspecified atom stereocenters. The van der Waals surface area contributed by atoms with Crippen molar-refractivity contribution in [2.24, 2.45) is 10.9 Å². The van der Waals surface area contributed by atoms with Crippen molar-refractivity contribution in [3.05, 3.63) is 59.9 Å². The van der Waals surface area contributed by atoms with Gasteiger partial charge in [0, 0.05) is 45.0 Å². The van der Waals surface area contributed by atoms with E-state index in [0.29, 0.717) is 5.92 Å². The number of nitrogens with zero attached hydrogens (tertiary/aromatic N) is 2. The van der Waals surface area contributed by atoms with Gasteiger partial charge in [-0.25, -0.2) is 4.39 Å². The lowest BCUT2D eigenvalue weighted by atomic mass is 10.1. The second-order valence-electron chi connectivity index (χ2n) is 7.06. The van der Waals surface area contributed by atoms with E-state index in [-0.39, 0.29) is 5.82 Å². The molecule has 3 rings (SSSR count).